The van der Waals surface area contributed by atoms with E-state index in [0.717, 1.165) is 6.42 Å². The Morgan fingerprint density at radius 3 is 2.50 bits per heavy atom. The summed E-state index contributed by atoms with van der Waals surface area (Å²) in [4.78, 5) is 11.9. The standard InChI is InChI=1S/C16H23NO/c1-12(2)16(18)17-15-11-7-6-10-14(15)13-8-4-3-5-9-13/h3-5,8-9,12,14-15H,6-7,10-11H2,1-2H3,(H,17,18)/t14-,15+/m1/s1. The number of carbonyl (C=O) groups excluding carboxylic acids is 1. The fraction of sp³-hybridized carbons (Fsp3) is 0.562. The van der Waals surface area contributed by atoms with Crippen molar-refractivity contribution in [2.75, 3.05) is 0 Å². The highest BCUT2D eigenvalue weighted by Crippen LogP contribution is 2.33. The molecule has 0 aliphatic heterocycles. The van der Waals surface area contributed by atoms with Crippen molar-refractivity contribution >= 4 is 5.91 Å². The Balaban J connectivity index is 2.09. The monoisotopic (exact) mass is 245 g/mol. The maximum atomic E-state index is 11.9. The molecule has 1 N–H and O–H groups in total. The van der Waals surface area contributed by atoms with Crippen molar-refractivity contribution < 1.29 is 4.79 Å². The van der Waals surface area contributed by atoms with Crippen LogP contribution in [0.4, 0.5) is 0 Å². The lowest BCUT2D eigenvalue weighted by Gasteiger charge is -2.33. The van der Waals surface area contributed by atoms with Gasteiger partial charge in [-0.25, -0.2) is 0 Å². The van der Waals surface area contributed by atoms with E-state index in [1.807, 2.05) is 19.9 Å². The van der Waals surface area contributed by atoms with E-state index in [9.17, 15) is 4.79 Å². The van der Waals surface area contributed by atoms with Crippen molar-refractivity contribution in [2.24, 2.45) is 5.92 Å². The number of nitrogens with one attached hydrogen (secondary N) is 1. The van der Waals surface area contributed by atoms with Gasteiger partial charge in [0.1, 0.15) is 0 Å². The highest BCUT2D eigenvalue weighted by Gasteiger charge is 2.27. The van der Waals surface area contributed by atoms with Crippen LogP contribution in [0.5, 0.6) is 0 Å². The average Bonchev–Trinajstić information content (AvgIpc) is 2.40. The smallest absolute Gasteiger partial charge is 0.222 e. The molecule has 1 aromatic carbocycles. The van der Waals surface area contributed by atoms with Gasteiger partial charge < -0.3 is 5.32 Å². The van der Waals surface area contributed by atoms with E-state index in [-0.39, 0.29) is 11.8 Å². The first-order valence-electron chi connectivity index (χ1n) is 7.04. The molecule has 1 fully saturated rings. The number of carbonyl (C=O) groups is 1. The Hall–Kier alpha value is -1.31. The fourth-order valence-corrected chi connectivity index (χ4v) is 2.75. The first-order chi connectivity index (χ1) is 8.68. The summed E-state index contributed by atoms with van der Waals surface area (Å²) >= 11 is 0. The highest BCUT2D eigenvalue weighted by atomic mass is 16.1. The Labute approximate surface area is 110 Å². The zero-order chi connectivity index (χ0) is 13.0. The largest absolute Gasteiger partial charge is 0.353 e. The molecule has 0 saturated heterocycles. The molecule has 0 bridgehead atoms. The molecular weight excluding hydrogens is 222 g/mol. The van der Waals surface area contributed by atoms with Gasteiger partial charge in [0.05, 0.1) is 0 Å². The topological polar surface area (TPSA) is 29.1 Å². The molecule has 0 unspecified atom stereocenters. The maximum absolute atomic E-state index is 11.9. The first kappa shape index (κ1) is 13.1. The van der Waals surface area contributed by atoms with Crippen LogP contribution in [-0.2, 0) is 4.79 Å². The molecule has 1 aliphatic rings. The van der Waals surface area contributed by atoms with Crippen LogP contribution in [-0.4, -0.2) is 11.9 Å². The third-order valence-corrected chi connectivity index (χ3v) is 3.85. The van der Waals surface area contributed by atoms with E-state index < -0.39 is 0 Å². The Kier molecular flexibility index (Phi) is 4.40. The molecule has 2 rings (SSSR count). The number of hydrogen-bond donors (Lipinski definition) is 1. The minimum Gasteiger partial charge on any atom is -0.353 e. The molecular formula is C16H23NO. The van der Waals surface area contributed by atoms with Crippen molar-refractivity contribution in [1.29, 1.82) is 0 Å². The molecule has 1 aliphatic carbocycles. The van der Waals surface area contributed by atoms with Gasteiger partial charge >= 0.3 is 0 Å². The molecule has 2 heteroatoms. The lowest BCUT2D eigenvalue weighted by atomic mass is 9.80. The molecule has 0 aromatic heterocycles. The molecule has 18 heavy (non-hydrogen) atoms. The van der Waals surface area contributed by atoms with Gasteiger partial charge in [-0.2, -0.15) is 0 Å². The zero-order valence-electron chi connectivity index (χ0n) is 11.4. The van der Waals surface area contributed by atoms with Crippen LogP contribution in [0.1, 0.15) is 51.0 Å². The lowest BCUT2D eigenvalue weighted by Crippen LogP contribution is -2.42. The molecule has 2 nitrogen and oxygen atoms in total. The van der Waals surface area contributed by atoms with Gasteiger partial charge in [-0.15, -0.1) is 0 Å². The highest BCUT2D eigenvalue weighted by molar-refractivity contribution is 5.78. The van der Waals surface area contributed by atoms with Crippen molar-refractivity contribution in [2.45, 2.75) is 51.5 Å². The van der Waals surface area contributed by atoms with E-state index in [2.05, 4.69) is 29.6 Å². The van der Waals surface area contributed by atoms with Gasteiger partial charge in [-0.05, 0) is 18.4 Å². The predicted octanol–water partition coefficient (Wildman–Crippen LogP) is 3.49. The molecule has 2 atom stereocenters. The average molecular weight is 245 g/mol. The van der Waals surface area contributed by atoms with Gasteiger partial charge in [-0.3, -0.25) is 4.79 Å². The Morgan fingerprint density at radius 1 is 1.17 bits per heavy atom. The normalized spacial score (nSPS) is 23.9. The molecule has 1 saturated carbocycles. The first-order valence-corrected chi connectivity index (χ1v) is 7.04. The van der Waals surface area contributed by atoms with Crippen LogP contribution >= 0.6 is 0 Å². The maximum Gasteiger partial charge on any atom is 0.222 e. The second kappa shape index (κ2) is 6.03. The summed E-state index contributed by atoms with van der Waals surface area (Å²) in [5.41, 5.74) is 1.37. The molecule has 1 aromatic rings. The van der Waals surface area contributed by atoms with E-state index in [0.29, 0.717) is 12.0 Å². The molecule has 0 radical (unpaired) electrons. The van der Waals surface area contributed by atoms with E-state index >= 15 is 0 Å². The Morgan fingerprint density at radius 2 is 1.83 bits per heavy atom. The molecule has 1 amide bonds. The number of amides is 1. The minimum atomic E-state index is 0.0725. The number of hydrogen-bond acceptors (Lipinski definition) is 1. The van der Waals surface area contributed by atoms with Crippen LogP contribution in [0.2, 0.25) is 0 Å². The van der Waals surface area contributed by atoms with Gasteiger partial charge in [0.25, 0.3) is 0 Å². The third-order valence-electron chi connectivity index (χ3n) is 3.85. The van der Waals surface area contributed by atoms with Crippen molar-refractivity contribution in [3.05, 3.63) is 35.9 Å². The summed E-state index contributed by atoms with van der Waals surface area (Å²) in [6.45, 7) is 3.91. The molecule has 0 spiro atoms. The predicted molar refractivity (Wildman–Crippen MR) is 74.4 cm³/mol. The van der Waals surface area contributed by atoms with Crippen LogP contribution in [0.3, 0.4) is 0 Å². The summed E-state index contributed by atoms with van der Waals surface area (Å²) in [5.74, 6) is 0.744. The van der Waals surface area contributed by atoms with Crippen LogP contribution in [0.15, 0.2) is 30.3 Å². The van der Waals surface area contributed by atoms with Crippen LogP contribution in [0, 0.1) is 5.92 Å². The summed E-state index contributed by atoms with van der Waals surface area (Å²) in [6.07, 6.45) is 4.80. The van der Waals surface area contributed by atoms with E-state index in [4.69, 9.17) is 0 Å². The summed E-state index contributed by atoms with van der Waals surface area (Å²) in [6, 6.07) is 10.9. The van der Waals surface area contributed by atoms with Crippen LogP contribution in [0.25, 0.3) is 0 Å². The molecule has 0 heterocycles. The fourth-order valence-electron chi connectivity index (χ4n) is 2.75. The minimum absolute atomic E-state index is 0.0725. The third kappa shape index (κ3) is 3.12. The van der Waals surface area contributed by atoms with Crippen molar-refractivity contribution in [3.8, 4) is 0 Å². The van der Waals surface area contributed by atoms with E-state index in [1.54, 1.807) is 0 Å². The van der Waals surface area contributed by atoms with Crippen molar-refractivity contribution in [1.82, 2.24) is 5.32 Å². The van der Waals surface area contributed by atoms with Crippen LogP contribution < -0.4 is 5.32 Å². The quantitative estimate of drug-likeness (QED) is 0.867. The molecule has 98 valence electrons. The number of benzene rings is 1. The zero-order valence-corrected chi connectivity index (χ0v) is 11.4. The Bertz CT molecular complexity index is 385. The number of rotatable bonds is 3. The SMILES string of the molecule is CC(C)C(=O)N[C@H]1CCCC[C@@H]1c1ccccc1. The lowest BCUT2D eigenvalue weighted by molar-refractivity contribution is -0.125. The van der Waals surface area contributed by atoms with Gasteiger partial charge in [0.2, 0.25) is 5.91 Å². The van der Waals surface area contributed by atoms with Crippen molar-refractivity contribution in [3.63, 3.8) is 0 Å². The van der Waals surface area contributed by atoms with Gasteiger partial charge in [-0.1, -0.05) is 57.0 Å². The van der Waals surface area contributed by atoms with Gasteiger partial charge in [0, 0.05) is 17.9 Å². The second-order valence-electron chi connectivity index (χ2n) is 5.57. The van der Waals surface area contributed by atoms with E-state index in [1.165, 1.54) is 24.8 Å². The summed E-state index contributed by atoms with van der Waals surface area (Å²) in [7, 11) is 0. The summed E-state index contributed by atoms with van der Waals surface area (Å²) < 4.78 is 0. The summed E-state index contributed by atoms with van der Waals surface area (Å²) in [5, 5.41) is 3.23. The second-order valence-corrected chi connectivity index (χ2v) is 5.57. The van der Waals surface area contributed by atoms with Gasteiger partial charge in [0.15, 0.2) is 0 Å².